The molecule has 162 valence electrons. The standard InChI is InChI=1S/C23H25N3O5/c1-14(25-23(31-24)15-8-10-19(29-3)20(12-15)30-4)17-6-5-7-18-16(9-11-21(27)28)13-26(2)22(17)18/h5-8,10,12-13H,1,9,11,24H2,2-4H3,(H,27,28)/b25-23-. The third kappa shape index (κ3) is 4.54. The van der Waals surface area contributed by atoms with Crippen LogP contribution in [0, 0.1) is 0 Å². The maximum absolute atomic E-state index is 11.0. The van der Waals surface area contributed by atoms with E-state index in [0.717, 1.165) is 22.0 Å². The maximum atomic E-state index is 11.0. The van der Waals surface area contributed by atoms with Crippen molar-refractivity contribution < 1.29 is 24.2 Å². The number of fused-ring (bicyclic) bond motifs is 1. The molecule has 0 aliphatic heterocycles. The average molecular weight is 423 g/mol. The van der Waals surface area contributed by atoms with E-state index in [1.54, 1.807) is 32.4 Å². The van der Waals surface area contributed by atoms with Crippen LogP contribution in [-0.4, -0.2) is 35.8 Å². The third-order valence-electron chi connectivity index (χ3n) is 4.98. The van der Waals surface area contributed by atoms with Crippen LogP contribution in [0.3, 0.4) is 0 Å². The van der Waals surface area contributed by atoms with Crippen LogP contribution >= 0.6 is 0 Å². The average Bonchev–Trinajstić information content (AvgIpc) is 3.11. The number of nitrogens with zero attached hydrogens (tertiary/aromatic N) is 2. The Morgan fingerprint density at radius 1 is 1.19 bits per heavy atom. The molecule has 3 rings (SSSR count). The number of ether oxygens (including phenoxy) is 2. The Bertz CT molecular complexity index is 1160. The highest BCUT2D eigenvalue weighted by Crippen LogP contribution is 2.31. The van der Waals surface area contributed by atoms with Gasteiger partial charge in [-0.25, -0.2) is 4.99 Å². The molecule has 0 atom stereocenters. The Hall–Kier alpha value is -3.78. The zero-order valence-electron chi connectivity index (χ0n) is 17.7. The van der Waals surface area contributed by atoms with Crippen LogP contribution in [0.5, 0.6) is 11.5 Å². The number of rotatable bonds is 8. The van der Waals surface area contributed by atoms with E-state index in [4.69, 9.17) is 25.3 Å². The van der Waals surface area contributed by atoms with Crippen molar-refractivity contribution in [3.63, 3.8) is 0 Å². The second-order valence-electron chi connectivity index (χ2n) is 6.91. The summed E-state index contributed by atoms with van der Waals surface area (Å²) in [5, 5.41) is 9.98. The molecule has 1 aromatic heterocycles. The number of aromatic nitrogens is 1. The number of carbonyl (C=O) groups is 1. The van der Waals surface area contributed by atoms with Gasteiger partial charge in [0.05, 0.1) is 25.4 Å². The minimum atomic E-state index is -0.832. The molecule has 2 aromatic carbocycles. The van der Waals surface area contributed by atoms with Crippen molar-refractivity contribution in [1.29, 1.82) is 0 Å². The molecule has 3 N–H and O–H groups in total. The number of nitrogens with two attached hydrogens (primary N) is 1. The number of carboxylic acids is 1. The Labute approximate surface area is 180 Å². The van der Waals surface area contributed by atoms with Crippen molar-refractivity contribution in [1.82, 2.24) is 4.57 Å². The van der Waals surface area contributed by atoms with Crippen molar-refractivity contribution in [3.8, 4) is 11.5 Å². The van der Waals surface area contributed by atoms with E-state index in [9.17, 15) is 4.79 Å². The van der Waals surface area contributed by atoms with Crippen molar-refractivity contribution in [2.75, 3.05) is 14.2 Å². The van der Waals surface area contributed by atoms with Crippen molar-refractivity contribution in [3.05, 3.63) is 65.9 Å². The number of benzene rings is 2. The number of methoxy groups -OCH3 is 2. The summed E-state index contributed by atoms with van der Waals surface area (Å²) in [5.74, 6) is 5.93. The summed E-state index contributed by atoms with van der Waals surface area (Å²) >= 11 is 0. The number of aliphatic imine (C=N–C) groups is 1. The molecular formula is C23H25N3O5. The molecule has 8 nitrogen and oxygen atoms in total. The van der Waals surface area contributed by atoms with Crippen LogP contribution in [0.15, 0.2) is 54.2 Å². The van der Waals surface area contributed by atoms with Gasteiger partial charge in [-0.2, -0.15) is 5.90 Å². The van der Waals surface area contributed by atoms with Crippen LogP contribution in [0.2, 0.25) is 0 Å². The molecular weight excluding hydrogens is 398 g/mol. The molecule has 8 heteroatoms. The number of para-hydroxylation sites is 1. The summed E-state index contributed by atoms with van der Waals surface area (Å²) in [7, 11) is 5.00. The lowest BCUT2D eigenvalue weighted by molar-refractivity contribution is -0.136. The fourth-order valence-electron chi connectivity index (χ4n) is 3.54. The topological polar surface area (TPSA) is 108 Å². The van der Waals surface area contributed by atoms with E-state index in [-0.39, 0.29) is 12.3 Å². The van der Waals surface area contributed by atoms with Gasteiger partial charge in [-0.15, -0.1) is 0 Å². The monoisotopic (exact) mass is 423 g/mol. The van der Waals surface area contributed by atoms with E-state index in [2.05, 4.69) is 11.6 Å². The van der Waals surface area contributed by atoms with Gasteiger partial charge in [0.1, 0.15) is 0 Å². The van der Waals surface area contributed by atoms with Crippen LogP contribution in [-0.2, 0) is 23.1 Å². The van der Waals surface area contributed by atoms with Gasteiger partial charge in [-0.05, 0) is 30.2 Å². The Kier molecular flexibility index (Phi) is 6.61. The van der Waals surface area contributed by atoms with Gasteiger partial charge in [-0.1, -0.05) is 24.8 Å². The first kappa shape index (κ1) is 21.9. The molecule has 1 heterocycles. The van der Waals surface area contributed by atoms with Crippen molar-refractivity contribution >= 4 is 28.5 Å². The largest absolute Gasteiger partial charge is 0.493 e. The molecule has 0 unspecified atom stereocenters. The molecule has 0 fully saturated rings. The van der Waals surface area contributed by atoms with E-state index in [1.807, 2.05) is 36.0 Å². The number of hydrogen-bond donors (Lipinski definition) is 2. The quantitative estimate of drug-likeness (QED) is 0.326. The molecule has 3 aromatic rings. The molecule has 0 spiro atoms. The molecule has 0 aliphatic carbocycles. The van der Waals surface area contributed by atoms with Gasteiger partial charge < -0.3 is 24.0 Å². The molecule has 0 aliphatic rings. The van der Waals surface area contributed by atoms with Crippen LogP contribution in [0.25, 0.3) is 16.6 Å². The summed E-state index contributed by atoms with van der Waals surface area (Å²) in [6.07, 6.45) is 2.43. The first-order valence-electron chi connectivity index (χ1n) is 9.55. The Morgan fingerprint density at radius 2 is 1.94 bits per heavy atom. The van der Waals surface area contributed by atoms with Crippen LogP contribution < -0.4 is 15.4 Å². The van der Waals surface area contributed by atoms with E-state index >= 15 is 0 Å². The second kappa shape index (κ2) is 9.36. The highest BCUT2D eigenvalue weighted by Gasteiger charge is 2.15. The fourth-order valence-corrected chi connectivity index (χ4v) is 3.54. The number of hydrogen-bond acceptors (Lipinski definition) is 6. The zero-order chi connectivity index (χ0) is 22.5. The number of aliphatic carboxylic acids is 1. The molecule has 31 heavy (non-hydrogen) atoms. The molecule has 0 saturated carbocycles. The summed E-state index contributed by atoms with van der Waals surface area (Å²) in [4.78, 5) is 20.5. The summed E-state index contributed by atoms with van der Waals surface area (Å²) in [6, 6.07) is 11.0. The van der Waals surface area contributed by atoms with Gasteiger partial charge in [0, 0.05) is 36.2 Å². The normalized spacial score (nSPS) is 11.4. The highest BCUT2D eigenvalue weighted by atomic mass is 16.6. The lowest BCUT2D eigenvalue weighted by atomic mass is 10.0. The summed E-state index contributed by atoms with van der Waals surface area (Å²) in [5.41, 5.74) is 3.69. The Balaban J connectivity index is 2.02. The smallest absolute Gasteiger partial charge is 0.303 e. The van der Waals surface area contributed by atoms with Crippen molar-refractivity contribution in [2.24, 2.45) is 17.9 Å². The van der Waals surface area contributed by atoms with Crippen LogP contribution in [0.4, 0.5) is 0 Å². The summed E-state index contributed by atoms with van der Waals surface area (Å²) in [6.45, 7) is 4.10. The van der Waals surface area contributed by atoms with Crippen LogP contribution in [0.1, 0.15) is 23.1 Å². The first-order chi connectivity index (χ1) is 14.9. The molecule has 0 bridgehead atoms. The van der Waals surface area contributed by atoms with E-state index in [0.29, 0.717) is 29.2 Å². The predicted octanol–water partition coefficient (Wildman–Crippen LogP) is 3.52. The molecule has 0 saturated heterocycles. The van der Waals surface area contributed by atoms with Gasteiger partial charge in [0.15, 0.2) is 11.5 Å². The van der Waals surface area contributed by atoms with E-state index < -0.39 is 5.97 Å². The lowest BCUT2D eigenvalue weighted by Gasteiger charge is -2.11. The van der Waals surface area contributed by atoms with Gasteiger partial charge >= 0.3 is 5.97 Å². The zero-order valence-corrected chi connectivity index (χ0v) is 17.7. The van der Waals surface area contributed by atoms with Gasteiger partial charge in [0.2, 0.25) is 5.90 Å². The molecule has 0 amide bonds. The Morgan fingerprint density at radius 3 is 2.58 bits per heavy atom. The third-order valence-corrected chi connectivity index (χ3v) is 4.98. The minimum Gasteiger partial charge on any atom is -0.493 e. The predicted molar refractivity (Wildman–Crippen MR) is 119 cm³/mol. The number of aryl methyl sites for hydroxylation is 2. The highest BCUT2D eigenvalue weighted by molar-refractivity contribution is 6.00. The van der Waals surface area contributed by atoms with Gasteiger partial charge in [0.25, 0.3) is 0 Å². The fraction of sp³-hybridized carbons (Fsp3) is 0.217. The summed E-state index contributed by atoms with van der Waals surface area (Å²) < 4.78 is 12.5. The SMILES string of the molecule is C=C(/N=C(\ON)c1ccc(OC)c(OC)c1)c1cccc2c(CCC(=O)O)cn(C)c12. The maximum Gasteiger partial charge on any atom is 0.303 e. The first-order valence-corrected chi connectivity index (χ1v) is 9.55. The second-order valence-corrected chi connectivity index (χ2v) is 6.91. The van der Waals surface area contributed by atoms with Gasteiger partial charge in [-0.3, -0.25) is 4.79 Å². The minimum absolute atomic E-state index is 0.0624. The molecule has 0 radical (unpaired) electrons. The lowest BCUT2D eigenvalue weighted by Crippen LogP contribution is -2.12. The van der Waals surface area contributed by atoms with E-state index in [1.165, 1.54) is 0 Å². The number of carboxylic acid groups (broad SMARTS) is 1. The van der Waals surface area contributed by atoms with Crippen molar-refractivity contribution in [2.45, 2.75) is 12.8 Å².